The number of urea groups is 1. The molecule has 0 fully saturated rings. The molecule has 0 aliphatic carbocycles. The number of nitrogens with zero attached hydrogens (tertiary/aromatic N) is 4. The summed E-state index contributed by atoms with van der Waals surface area (Å²) in [5, 5.41) is 10.7. The molecule has 0 unspecified atom stereocenters. The molecule has 3 aromatic carbocycles. The normalized spacial score (nSPS) is 12.2. The van der Waals surface area contributed by atoms with Crippen LogP contribution in [0.25, 0.3) is 11.1 Å². The lowest BCUT2D eigenvalue weighted by atomic mass is 9.99. The van der Waals surface area contributed by atoms with Crippen molar-refractivity contribution in [2.45, 2.75) is 13.5 Å². The van der Waals surface area contributed by atoms with Crippen LogP contribution in [0.2, 0.25) is 5.02 Å². The van der Waals surface area contributed by atoms with Gasteiger partial charge in [-0.05, 0) is 35.4 Å². The van der Waals surface area contributed by atoms with Gasteiger partial charge in [-0.3, -0.25) is 19.4 Å². The third-order valence-corrected chi connectivity index (χ3v) is 6.10. The van der Waals surface area contributed by atoms with Crippen molar-refractivity contribution in [1.82, 2.24) is 9.97 Å². The zero-order valence-electron chi connectivity index (χ0n) is 21.1. The SMILES string of the molecule is CC(=O)O.CN1C(=O)N(c2cc(NC(=O)c3ccccc3-c3ccccc3)ccc2Cl)Cc2cnc(N)nc21. The number of nitrogens with two attached hydrogens (primary N) is 1. The van der Waals surface area contributed by atoms with Gasteiger partial charge >= 0.3 is 6.03 Å². The number of amides is 3. The molecule has 0 saturated carbocycles. The van der Waals surface area contributed by atoms with Crippen molar-refractivity contribution in [1.29, 1.82) is 0 Å². The fourth-order valence-electron chi connectivity index (χ4n) is 4.06. The number of fused-ring (bicyclic) bond motifs is 1. The molecule has 11 heteroatoms. The summed E-state index contributed by atoms with van der Waals surface area (Å²) in [6.07, 6.45) is 1.59. The van der Waals surface area contributed by atoms with Crippen LogP contribution in [0, 0.1) is 0 Å². The number of anilines is 4. The summed E-state index contributed by atoms with van der Waals surface area (Å²) >= 11 is 6.48. The Morgan fingerprint density at radius 3 is 2.44 bits per heavy atom. The van der Waals surface area contributed by atoms with Gasteiger partial charge in [0.2, 0.25) is 5.95 Å². The molecular formula is C28H25ClN6O4. The van der Waals surface area contributed by atoms with E-state index < -0.39 is 5.97 Å². The van der Waals surface area contributed by atoms with E-state index in [4.69, 9.17) is 27.2 Å². The van der Waals surface area contributed by atoms with Crippen LogP contribution in [-0.4, -0.2) is 40.0 Å². The molecule has 198 valence electrons. The third kappa shape index (κ3) is 6.13. The molecule has 4 aromatic rings. The number of aliphatic carboxylic acids is 1. The molecule has 1 aliphatic heterocycles. The van der Waals surface area contributed by atoms with Gasteiger partial charge in [-0.25, -0.2) is 9.78 Å². The second-order valence-corrected chi connectivity index (χ2v) is 8.96. The number of halogens is 1. The summed E-state index contributed by atoms with van der Waals surface area (Å²) in [5.74, 6) is -0.554. The maximum Gasteiger partial charge on any atom is 0.330 e. The van der Waals surface area contributed by atoms with Crippen LogP contribution in [0.5, 0.6) is 0 Å². The first kappa shape index (κ1) is 27.1. The molecule has 5 rings (SSSR count). The minimum atomic E-state index is -0.833. The van der Waals surface area contributed by atoms with Crippen LogP contribution < -0.4 is 20.9 Å². The monoisotopic (exact) mass is 544 g/mol. The van der Waals surface area contributed by atoms with E-state index in [0.29, 0.717) is 27.8 Å². The average molecular weight is 545 g/mol. The first-order chi connectivity index (χ1) is 18.7. The van der Waals surface area contributed by atoms with Gasteiger partial charge in [0.15, 0.2) is 0 Å². The first-order valence-corrected chi connectivity index (χ1v) is 12.1. The zero-order chi connectivity index (χ0) is 28.1. The van der Waals surface area contributed by atoms with Crippen molar-refractivity contribution in [3.8, 4) is 11.1 Å². The van der Waals surface area contributed by atoms with Crippen molar-refractivity contribution in [2.75, 3.05) is 27.9 Å². The van der Waals surface area contributed by atoms with E-state index in [2.05, 4.69) is 15.3 Å². The Hall–Kier alpha value is -4.96. The Balaban J connectivity index is 0.000000826. The lowest BCUT2D eigenvalue weighted by molar-refractivity contribution is -0.134. The molecule has 1 aromatic heterocycles. The number of carbonyl (C=O) groups is 3. The Labute approximate surface area is 229 Å². The highest BCUT2D eigenvalue weighted by Gasteiger charge is 2.31. The smallest absolute Gasteiger partial charge is 0.330 e. The number of carbonyl (C=O) groups excluding carboxylic acids is 2. The molecule has 0 spiro atoms. The summed E-state index contributed by atoms with van der Waals surface area (Å²) in [6.45, 7) is 1.30. The van der Waals surface area contributed by atoms with Crippen LogP contribution in [-0.2, 0) is 11.3 Å². The first-order valence-electron chi connectivity index (χ1n) is 11.8. The van der Waals surface area contributed by atoms with E-state index in [1.165, 1.54) is 9.80 Å². The van der Waals surface area contributed by atoms with Gasteiger partial charge in [0, 0.05) is 37.0 Å². The number of hydrogen-bond donors (Lipinski definition) is 3. The fraction of sp³-hybridized carbons (Fsp3) is 0.107. The third-order valence-electron chi connectivity index (χ3n) is 5.78. The molecule has 4 N–H and O–H groups in total. The lowest BCUT2D eigenvalue weighted by Crippen LogP contribution is -2.46. The summed E-state index contributed by atoms with van der Waals surface area (Å²) in [6, 6.07) is 21.8. The van der Waals surface area contributed by atoms with E-state index >= 15 is 0 Å². The predicted molar refractivity (Wildman–Crippen MR) is 151 cm³/mol. The standard InChI is InChI=1S/C26H21ClN6O2.C2H4O2/c1-32-23-17(14-29-25(28)31-23)15-33(26(32)35)22-13-18(11-12-21(22)27)30-24(34)20-10-6-5-9-19(20)16-7-3-2-4-8-16;1-2(3)4/h2-14H,15H2,1H3,(H,30,34)(H2,28,29,31);1H3,(H,3,4). The highest BCUT2D eigenvalue weighted by atomic mass is 35.5. The number of rotatable bonds is 4. The average Bonchev–Trinajstić information content (AvgIpc) is 2.92. The van der Waals surface area contributed by atoms with Crippen molar-refractivity contribution in [3.63, 3.8) is 0 Å². The van der Waals surface area contributed by atoms with E-state index in [-0.39, 0.29) is 24.4 Å². The Bertz CT molecular complexity index is 1540. The maximum absolute atomic E-state index is 13.2. The number of benzene rings is 3. The van der Waals surface area contributed by atoms with Crippen LogP contribution in [0.3, 0.4) is 0 Å². The van der Waals surface area contributed by atoms with Gasteiger partial charge in [0.05, 0.1) is 17.3 Å². The Morgan fingerprint density at radius 1 is 1.05 bits per heavy atom. The molecule has 10 nitrogen and oxygen atoms in total. The topological polar surface area (TPSA) is 142 Å². The van der Waals surface area contributed by atoms with E-state index in [1.54, 1.807) is 37.5 Å². The van der Waals surface area contributed by atoms with Crippen LogP contribution in [0.4, 0.5) is 27.9 Å². The van der Waals surface area contributed by atoms with Crippen molar-refractivity contribution in [2.24, 2.45) is 0 Å². The number of carboxylic acids is 1. The fourth-order valence-corrected chi connectivity index (χ4v) is 4.28. The lowest BCUT2D eigenvalue weighted by Gasteiger charge is -2.34. The number of carboxylic acid groups (broad SMARTS) is 1. The molecule has 3 amide bonds. The molecule has 0 bridgehead atoms. The van der Waals surface area contributed by atoms with Gasteiger partial charge in [-0.2, -0.15) is 4.98 Å². The van der Waals surface area contributed by atoms with Crippen molar-refractivity contribution < 1.29 is 19.5 Å². The Morgan fingerprint density at radius 2 is 1.72 bits per heavy atom. The largest absolute Gasteiger partial charge is 0.481 e. The molecule has 0 radical (unpaired) electrons. The predicted octanol–water partition coefficient (Wildman–Crippen LogP) is 5.30. The quantitative estimate of drug-likeness (QED) is 0.316. The number of hydrogen-bond acceptors (Lipinski definition) is 6. The van der Waals surface area contributed by atoms with Crippen molar-refractivity contribution >= 4 is 52.6 Å². The maximum atomic E-state index is 13.2. The van der Waals surface area contributed by atoms with Gasteiger partial charge in [-0.1, -0.05) is 60.1 Å². The minimum absolute atomic E-state index is 0.0929. The molecular weight excluding hydrogens is 520 g/mol. The summed E-state index contributed by atoms with van der Waals surface area (Å²) < 4.78 is 0. The van der Waals surface area contributed by atoms with Gasteiger partial charge in [0.1, 0.15) is 5.82 Å². The summed E-state index contributed by atoms with van der Waals surface area (Å²) in [7, 11) is 1.61. The molecule has 1 aliphatic rings. The molecule has 0 saturated heterocycles. The van der Waals surface area contributed by atoms with Gasteiger partial charge in [0.25, 0.3) is 11.9 Å². The van der Waals surface area contributed by atoms with Crippen molar-refractivity contribution in [3.05, 3.63) is 95.1 Å². The molecule has 39 heavy (non-hydrogen) atoms. The summed E-state index contributed by atoms with van der Waals surface area (Å²) in [5.41, 5.74) is 9.68. The second kappa shape index (κ2) is 11.6. The van der Waals surface area contributed by atoms with Crippen LogP contribution in [0.15, 0.2) is 79.0 Å². The minimum Gasteiger partial charge on any atom is -0.481 e. The summed E-state index contributed by atoms with van der Waals surface area (Å²) in [4.78, 5) is 46.5. The molecule has 2 heterocycles. The Kier molecular flexibility index (Phi) is 8.07. The number of nitrogens with one attached hydrogen (secondary N) is 1. The highest BCUT2D eigenvalue weighted by molar-refractivity contribution is 6.34. The number of nitrogen functional groups attached to an aromatic ring is 1. The van der Waals surface area contributed by atoms with Crippen LogP contribution in [0.1, 0.15) is 22.8 Å². The highest BCUT2D eigenvalue weighted by Crippen LogP contribution is 2.35. The molecule has 0 atom stereocenters. The van der Waals surface area contributed by atoms with E-state index in [0.717, 1.165) is 23.6 Å². The van der Waals surface area contributed by atoms with E-state index in [1.807, 2.05) is 48.5 Å². The van der Waals surface area contributed by atoms with Crippen LogP contribution >= 0.6 is 11.6 Å². The van der Waals surface area contributed by atoms with E-state index in [9.17, 15) is 9.59 Å². The number of aromatic nitrogens is 2. The van der Waals surface area contributed by atoms with Gasteiger partial charge < -0.3 is 16.2 Å². The zero-order valence-corrected chi connectivity index (χ0v) is 21.9. The second-order valence-electron chi connectivity index (χ2n) is 8.56. The van der Waals surface area contributed by atoms with Gasteiger partial charge in [-0.15, -0.1) is 0 Å².